The summed E-state index contributed by atoms with van der Waals surface area (Å²) in [5.41, 5.74) is 6.08. The maximum Gasteiger partial charge on any atom is 0.153 e. The molecule has 0 amide bonds. The van der Waals surface area contributed by atoms with E-state index in [0.29, 0.717) is 17.2 Å². The van der Waals surface area contributed by atoms with Gasteiger partial charge in [-0.05, 0) is 30.3 Å². The Kier molecular flexibility index (Phi) is 3.10. The molecule has 16 heavy (non-hydrogen) atoms. The third-order valence-corrected chi connectivity index (χ3v) is 2.49. The van der Waals surface area contributed by atoms with Gasteiger partial charge >= 0.3 is 0 Å². The fraction of sp³-hybridized carbons (Fsp3) is 0. The number of hydrogen-bond donors (Lipinski definition) is 1. The maximum absolute atomic E-state index is 13.0. The highest BCUT2D eigenvalue weighted by molar-refractivity contribution is 9.10. The smallest absolute Gasteiger partial charge is 0.153 e. The lowest BCUT2D eigenvalue weighted by molar-refractivity contribution is 0.479. The topological polar surface area (TPSA) is 35.2 Å². The first-order chi connectivity index (χ1) is 7.65. The lowest BCUT2D eigenvalue weighted by Gasteiger charge is -2.08. The van der Waals surface area contributed by atoms with E-state index >= 15 is 0 Å². The lowest BCUT2D eigenvalue weighted by atomic mass is 10.3. The van der Waals surface area contributed by atoms with Crippen LogP contribution in [-0.2, 0) is 0 Å². The Labute approximate surface area is 101 Å². The van der Waals surface area contributed by atoms with Crippen LogP contribution in [0.25, 0.3) is 0 Å². The number of ether oxygens (including phenoxy) is 1. The van der Waals surface area contributed by atoms with E-state index in [1.165, 1.54) is 18.2 Å². The predicted molar refractivity (Wildman–Crippen MR) is 65.0 cm³/mol. The molecule has 4 heteroatoms. The molecule has 2 nitrogen and oxygen atoms in total. The second-order valence-corrected chi connectivity index (χ2v) is 4.16. The zero-order valence-electron chi connectivity index (χ0n) is 8.28. The van der Waals surface area contributed by atoms with Gasteiger partial charge in [-0.2, -0.15) is 0 Å². The average molecular weight is 282 g/mol. The molecule has 0 spiro atoms. The molecular formula is C12H9BrFNO. The van der Waals surface area contributed by atoms with E-state index in [-0.39, 0.29) is 5.82 Å². The van der Waals surface area contributed by atoms with Gasteiger partial charge in [0.2, 0.25) is 0 Å². The van der Waals surface area contributed by atoms with E-state index in [9.17, 15) is 4.39 Å². The molecule has 0 aliphatic heterocycles. The van der Waals surface area contributed by atoms with Crippen LogP contribution in [0.3, 0.4) is 0 Å². The fourth-order valence-electron chi connectivity index (χ4n) is 1.25. The Morgan fingerprint density at radius 3 is 2.69 bits per heavy atom. The molecule has 0 aliphatic carbocycles. The van der Waals surface area contributed by atoms with E-state index in [4.69, 9.17) is 10.5 Å². The van der Waals surface area contributed by atoms with Crippen molar-refractivity contribution in [3.05, 3.63) is 52.8 Å². The summed E-state index contributed by atoms with van der Waals surface area (Å²) in [6.45, 7) is 0. The van der Waals surface area contributed by atoms with Gasteiger partial charge in [0.05, 0.1) is 5.69 Å². The first kappa shape index (κ1) is 11.0. The third-order valence-electron chi connectivity index (χ3n) is 2.00. The Bertz CT molecular complexity index is 516. The number of rotatable bonds is 2. The van der Waals surface area contributed by atoms with Crippen LogP contribution in [0, 0.1) is 5.82 Å². The lowest BCUT2D eigenvalue weighted by Crippen LogP contribution is -1.92. The highest BCUT2D eigenvalue weighted by Gasteiger charge is 2.04. The summed E-state index contributed by atoms with van der Waals surface area (Å²) in [4.78, 5) is 0. The standard InChI is InChI=1S/C12H9BrFNO/c13-8-2-1-3-10(6-8)16-12-7-9(14)4-5-11(12)15/h1-7H,15H2. The van der Waals surface area contributed by atoms with Crippen molar-refractivity contribution in [1.82, 2.24) is 0 Å². The first-order valence-electron chi connectivity index (χ1n) is 4.63. The molecule has 0 aromatic heterocycles. The van der Waals surface area contributed by atoms with Gasteiger partial charge in [-0.25, -0.2) is 4.39 Å². The Hall–Kier alpha value is -1.55. The SMILES string of the molecule is Nc1ccc(F)cc1Oc1cccc(Br)c1. The molecule has 2 aromatic rings. The zero-order valence-corrected chi connectivity index (χ0v) is 9.87. The number of nitrogens with two attached hydrogens (primary N) is 1. The number of benzene rings is 2. The fourth-order valence-corrected chi connectivity index (χ4v) is 1.63. The van der Waals surface area contributed by atoms with Gasteiger partial charge in [-0.15, -0.1) is 0 Å². The molecule has 0 saturated carbocycles. The summed E-state index contributed by atoms with van der Waals surface area (Å²) in [6.07, 6.45) is 0. The summed E-state index contributed by atoms with van der Waals surface area (Å²) in [5.74, 6) is 0.545. The monoisotopic (exact) mass is 281 g/mol. The number of halogens is 2. The van der Waals surface area contributed by atoms with E-state index in [0.717, 1.165) is 4.47 Å². The van der Waals surface area contributed by atoms with Crippen LogP contribution in [0.15, 0.2) is 46.9 Å². The van der Waals surface area contributed by atoms with Crippen molar-refractivity contribution in [2.45, 2.75) is 0 Å². The predicted octanol–water partition coefficient (Wildman–Crippen LogP) is 3.96. The molecule has 0 saturated heterocycles. The molecule has 0 aliphatic rings. The molecule has 2 N–H and O–H groups in total. The summed E-state index contributed by atoms with van der Waals surface area (Å²) < 4.78 is 19.3. The van der Waals surface area contributed by atoms with Crippen molar-refractivity contribution in [1.29, 1.82) is 0 Å². The van der Waals surface area contributed by atoms with Crippen LogP contribution in [0.4, 0.5) is 10.1 Å². The second-order valence-electron chi connectivity index (χ2n) is 3.24. The molecule has 0 fully saturated rings. The van der Waals surface area contributed by atoms with Gasteiger partial charge in [0.1, 0.15) is 11.6 Å². The summed E-state index contributed by atoms with van der Waals surface area (Å²) in [7, 11) is 0. The molecule has 82 valence electrons. The number of anilines is 1. The molecule has 0 radical (unpaired) electrons. The highest BCUT2D eigenvalue weighted by Crippen LogP contribution is 2.29. The Balaban J connectivity index is 2.30. The van der Waals surface area contributed by atoms with Crippen LogP contribution in [0.1, 0.15) is 0 Å². The van der Waals surface area contributed by atoms with Crippen LogP contribution in [0.2, 0.25) is 0 Å². The largest absolute Gasteiger partial charge is 0.455 e. The average Bonchev–Trinajstić information content (AvgIpc) is 2.24. The molecule has 0 unspecified atom stereocenters. The van der Waals surface area contributed by atoms with Gasteiger partial charge in [0.25, 0.3) is 0 Å². The number of hydrogen-bond acceptors (Lipinski definition) is 2. The van der Waals surface area contributed by atoms with E-state index < -0.39 is 0 Å². The van der Waals surface area contributed by atoms with Crippen molar-refractivity contribution in [2.24, 2.45) is 0 Å². The minimum Gasteiger partial charge on any atom is -0.455 e. The Morgan fingerprint density at radius 2 is 1.94 bits per heavy atom. The maximum atomic E-state index is 13.0. The molecular weight excluding hydrogens is 273 g/mol. The minimum atomic E-state index is -0.376. The third kappa shape index (κ3) is 2.52. The molecule has 2 aromatic carbocycles. The quantitative estimate of drug-likeness (QED) is 0.846. The molecule has 0 heterocycles. The van der Waals surface area contributed by atoms with E-state index in [2.05, 4.69) is 15.9 Å². The normalized spacial score (nSPS) is 10.1. The first-order valence-corrected chi connectivity index (χ1v) is 5.43. The Morgan fingerprint density at radius 1 is 1.12 bits per heavy atom. The van der Waals surface area contributed by atoms with Crippen LogP contribution < -0.4 is 10.5 Å². The molecule has 0 bridgehead atoms. The summed E-state index contributed by atoms with van der Waals surface area (Å²) in [5, 5.41) is 0. The van der Waals surface area contributed by atoms with Crippen molar-refractivity contribution >= 4 is 21.6 Å². The van der Waals surface area contributed by atoms with Crippen molar-refractivity contribution in [2.75, 3.05) is 5.73 Å². The van der Waals surface area contributed by atoms with Gasteiger partial charge in [0.15, 0.2) is 5.75 Å². The molecule has 2 rings (SSSR count). The molecule has 0 atom stereocenters. The van der Waals surface area contributed by atoms with E-state index in [1.54, 1.807) is 12.1 Å². The van der Waals surface area contributed by atoms with Gasteiger partial charge in [0, 0.05) is 10.5 Å². The van der Waals surface area contributed by atoms with Crippen LogP contribution in [-0.4, -0.2) is 0 Å². The summed E-state index contributed by atoms with van der Waals surface area (Å²) >= 11 is 3.32. The van der Waals surface area contributed by atoms with Crippen molar-refractivity contribution in [3.63, 3.8) is 0 Å². The van der Waals surface area contributed by atoms with E-state index in [1.807, 2.05) is 12.1 Å². The van der Waals surface area contributed by atoms with Gasteiger partial charge < -0.3 is 10.5 Å². The van der Waals surface area contributed by atoms with Gasteiger partial charge in [-0.1, -0.05) is 22.0 Å². The van der Waals surface area contributed by atoms with Crippen molar-refractivity contribution in [3.8, 4) is 11.5 Å². The van der Waals surface area contributed by atoms with Crippen molar-refractivity contribution < 1.29 is 9.13 Å². The number of nitrogen functional groups attached to an aromatic ring is 1. The highest BCUT2D eigenvalue weighted by atomic mass is 79.9. The van der Waals surface area contributed by atoms with Crippen LogP contribution in [0.5, 0.6) is 11.5 Å². The zero-order chi connectivity index (χ0) is 11.5. The minimum absolute atomic E-state index is 0.318. The van der Waals surface area contributed by atoms with Gasteiger partial charge in [-0.3, -0.25) is 0 Å². The van der Waals surface area contributed by atoms with Crippen LogP contribution >= 0.6 is 15.9 Å². The summed E-state index contributed by atoms with van der Waals surface area (Å²) in [6, 6.07) is 11.3. The second kappa shape index (κ2) is 4.53.